The van der Waals surface area contributed by atoms with Crippen molar-refractivity contribution in [3.05, 3.63) is 45.2 Å². The highest BCUT2D eigenvalue weighted by Crippen LogP contribution is 2.35. The molecule has 2 N–H and O–H groups in total. The fourth-order valence-corrected chi connectivity index (χ4v) is 5.45. The van der Waals surface area contributed by atoms with Crippen molar-refractivity contribution in [2.45, 2.75) is 39.2 Å². The number of nitrogens with zero attached hydrogens (tertiary/aromatic N) is 4. The molecule has 4 rings (SSSR count). The Balaban J connectivity index is 1.79. The number of aromatic nitrogens is 2. The number of nitrogens with two attached hydrogens (primary N) is 1. The Kier molecular flexibility index (Phi) is 6.34. The molecule has 0 unspecified atom stereocenters. The van der Waals surface area contributed by atoms with Gasteiger partial charge in [0.25, 0.3) is 11.5 Å². The quantitative estimate of drug-likeness (QED) is 0.528. The van der Waals surface area contributed by atoms with Crippen LogP contribution in [0.15, 0.2) is 34.1 Å². The smallest absolute Gasteiger partial charge is 0.267 e. The Bertz CT molecular complexity index is 1180. The van der Waals surface area contributed by atoms with Gasteiger partial charge in [-0.2, -0.15) is 0 Å². The molecule has 0 aromatic carbocycles. The zero-order valence-electron chi connectivity index (χ0n) is 18.0. The lowest BCUT2D eigenvalue weighted by atomic mass is 9.96. The molecular weight excluding hydrogens is 446 g/mol. The number of hydrogen-bond acceptors (Lipinski definition) is 7. The fraction of sp³-hybridized carbons (Fsp3) is 0.409. The Hall–Kier alpha value is -2.72. The van der Waals surface area contributed by atoms with Crippen molar-refractivity contribution < 1.29 is 9.59 Å². The first-order valence-electron chi connectivity index (χ1n) is 10.6. The van der Waals surface area contributed by atoms with Crippen molar-refractivity contribution in [2.75, 3.05) is 18.0 Å². The zero-order valence-corrected chi connectivity index (χ0v) is 19.6. The van der Waals surface area contributed by atoms with Gasteiger partial charge in [0.05, 0.1) is 10.5 Å². The van der Waals surface area contributed by atoms with Crippen LogP contribution in [0.3, 0.4) is 0 Å². The van der Waals surface area contributed by atoms with Crippen LogP contribution in [0.4, 0.5) is 5.82 Å². The SMILES string of the molecule is CC[C@H](C)N1C(=O)/C(=C/c2c(N3CCC(C(N)=O)CC3)nc3ccccn3c2=O)SC1=S. The minimum absolute atomic E-state index is 0.0171. The van der Waals surface area contributed by atoms with Gasteiger partial charge in [-0.15, -0.1) is 0 Å². The molecule has 0 radical (unpaired) electrons. The van der Waals surface area contributed by atoms with Gasteiger partial charge in [-0.1, -0.05) is 37.0 Å². The largest absolute Gasteiger partial charge is 0.369 e. The summed E-state index contributed by atoms with van der Waals surface area (Å²) in [7, 11) is 0. The number of primary amides is 1. The molecule has 32 heavy (non-hydrogen) atoms. The molecule has 2 aromatic rings. The first kappa shape index (κ1) is 22.5. The molecule has 0 aliphatic carbocycles. The summed E-state index contributed by atoms with van der Waals surface area (Å²) in [5.41, 5.74) is 6.08. The molecule has 1 atom stereocenters. The summed E-state index contributed by atoms with van der Waals surface area (Å²) in [4.78, 5) is 46.8. The van der Waals surface area contributed by atoms with Crippen LogP contribution < -0.4 is 16.2 Å². The highest BCUT2D eigenvalue weighted by Gasteiger charge is 2.35. The lowest BCUT2D eigenvalue weighted by Gasteiger charge is -2.32. The number of carbonyl (C=O) groups excluding carboxylic acids is 2. The third kappa shape index (κ3) is 4.04. The van der Waals surface area contributed by atoms with Gasteiger partial charge in [0.1, 0.15) is 15.8 Å². The zero-order chi connectivity index (χ0) is 23.0. The standard InChI is InChI=1S/C22H25N5O3S2/c1-3-13(2)27-21(30)16(32-22(27)31)12-15-19(25-10-7-14(8-11-25)18(23)28)24-17-6-4-5-9-26(17)20(15)29/h4-6,9,12-14H,3,7-8,10-11H2,1-2H3,(H2,23,28)/b16-12-/t13-/m0/s1. The molecule has 2 aliphatic heterocycles. The first-order chi connectivity index (χ1) is 15.3. The summed E-state index contributed by atoms with van der Waals surface area (Å²) in [5, 5.41) is 0. The molecule has 0 saturated carbocycles. The second-order valence-corrected chi connectivity index (χ2v) is 9.73. The Morgan fingerprint density at radius 3 is 2.72 bits per heavy atom. The Morgan fingerprint density at radius 1 is 1.34 bits per heavy atom. The number of anilines is 1. The van der Waals surface area contributed by atoms with Crippen LogP contribution in [0.25, 0.3) is 11.7 Å². The van der Waals surface area contributed by atoms with Gasteiger partial charge < -0.3 is 10.6 Å². The van der Waals surface area contributed by atoms with E-state index in [-0.39, 0.29) is 29.3 Å². The van der Waals surface area contributed by atoms with E-state index < -0.39 is 0 Å². The van der Waals surface area contributed by atoms with E-state index in [4.69, 9.17) is 22.9 Å². The van der Waals surface area contributed by atoms with Crippen LogP contribution in [-0.2, 0) is 9.59 Å². The van der Waals surface area contributed by atoms with Crippen molar-refractivity contribution in [3.63, 3.8) is 0 Å². The third-order valence-electron chi connectivity index (χ3n) is 6.08. The van der Waals surface area contributed by atoms with E-state index in [1.54, 1.807) is 29.3 Å². The number of hydrogen-bond donors (Lipinski definition) is 1. The maximum absolute atomic E-state index is 13.4. The molecule has 2 aliphatic rings. The van der Waals surface area contributed by atoms with E-state index in [1.807, 2.05) is 24.8 Å². The molecule has 2 aromatic heterocycles. The van der Waals surface area contributed by atoms with Gasteiger partial charge in [0, 0.05) is 31.2 Å². The van der Waals surface area contributed by atoms with Crippen molar-refractivity contribution in [3.8, 4) is 0 Å². The van der Waals surface area contributed by atoms with Crippen LogP contribution in [-0.4, -0.2) is 49.6 Å². The van der Waals surface area contributed by atoms with E-state index >= 15 is 0 Å². The minimum Gasteiger partial charge on any atom is -0.369 e. The number of carbonyl (C=O) groups is 2. The molecule has 10 heteroatoms. The van der Waals surface area contributed by atoms with E-state index in [1.165, 1.54) is 16.2 Å². The molecule has 0 spiro atoms. The van der Waals surface area contributed by atoms with Gasteiger partial charge in [-0.3, -0.25) is 23.7 Å². The monoisotopic (exact) mass is 471 g/mol. The highest BCUT2D eigenvalue weighted by atomic mass is 32.2. The number of fused-ring (bicyclic) bond motifs is 1. The number of thiocarbonyl (C=S) groups is 1. The van der Waals surface area contributed by atoms with Crippen LogP contribution in [0.1, 0.15) is 38.7 Å². The maximum Gasteiger partial charge on any atom is 0.267 e. The summed E-state index contributed by atoms with van der Waals surface area (Å²) in [6.45, 7) is 5.06. The van der Waals surface area contributed by atoms with Gasteiger partial charge in [0.15, 0.2) is 0 Å². The molecule has 8 nitrogen and oxygen atoms in total. The Morgan fingerprint density at radius 2 is 2.06 bits per heavy atom. The van der Waals surface area contributed by atoms with E-state index in [0.29, 0.717) is 52.2 Å². The van der Waals surface area contributed by atoms with Crippen molar-refractivity contribution in [1.82, 2.24) is 14.3 Å². The van der Waals surface area contributed by atoms with Crippen LogP contribution in [0.5, 0.6) is 0 Å². The second-order valence-electron chi connectivity index (χ2n) is 8.06. The summed E-state index contributed by atoms with van der Waals surface area (Å²) in [6.07, 6.45) is 5.25. The lowest BCUT2D eigenvalue weighted by Crippen LogP contribution is -2.40. The number of pyridine rings is 1. The van der Waals surface area contributed by atoms with Crippen molar-refractivity contribution in [1.29, 1.82) is 0 Å². The summed E-state index contributed by atoms with van der Waals surface area (Å²) in [5.74, 6) is -0.156. The summed E-state index contributed by atoms with van der Waals surface area (Å²) >= 11 is 6.64. The van der Waals surface area contributed by atoms with E-state index in [0.717, 1.165) is 6.42 Å². The average Bonchev–Trinajstić information content (AvgIpc) is 3.07. The van der Waals surface area contributed by atoms with E-state index in [9.17, 15) is 14.4 Å². The molecule has 2 saturated heterocycles. The number of thioether (sulfide) groups is 1. The number of amides is 2. The predicted octanol–water partition coefficient (Wildman–Crippen LogP) is 2.40. The third-order valence-corrected chi connectivity index (χ3v) is 7.41. The molecule has 0 bridgehead atoms. The molecular formula is C22H25N5O3S2. The van der Waals surface area contributed by atoms with E-state index in [2.05, 4.69) is 0 Å². The van der Waals surface area contributed by atoms with Gasteiger partial charge in [0.2, 0.25) is 5.91 Å². The topological polar surface area (TPSA) is 101 Å². The van der Waals surface area contributed by atoms with Crippen LogP contribution in [0.2, 0.25) is 0 Å². The maximum atomic E-state index is 13.4. The molecule has 168 valence electrons. The first-order valence-corrected chi connectivity index (χ1v) is 11.9. The van der Waals surface area contributed by atoms with Crippen LogP contribution in [0, 0.1) is 5.92 Å². The average molecular weight is 472 g/mol. The van der Waals surface area contributed by atoms with Gasteiger partial charge in [-0.05, 0) is 44.4 Å². The van der Waals surface area contributed by atoms with Crippen molar-refractivity contribution in [2.24, 2.45) is 11.7 Å². The summed E-state index contributed by atoms with van der Waals surface area (Å²) in [6, 6.07) is 5.34. The van der Waals surface area contributed by atoms with Gasteiger partial charge >= 0.3 is 0 Å². The second kappa shape index (κ2) is 9.03. The highest BCUT2D eigenvalue weighted by molar-refractivity contribution is 8.26. The predicted molar refractivity (Wildman–Crippen MR) is 130 cm³/mol. The van der Waals surface area contributed by atoms with Gasteiger partial charge in [-0.25, -0.2) is 4.98 Å². The molecule has 4 heterocycles. The lowest BCUT2D eigenvalue weighted by molar-refractivity contribution is -0.123. The molecule has 2 amide bonds. The van der Waals surface area contributed by atoms with Crippen LogP contribution >= 0.6 is 24.0 Å². The summed E-state index contributed by atoms with van der Waals surface area (Å²) < 4.78 is 1.97. The fourth-order valence-electron chi connectivity index (χ4n) is 4.01. The number of rotatable bonds is 5. The number of piperidine rings is 1. The van der Waals surface area contributed by atoms with Crippen molar-refractivity contribution >= 4 is 57.7 Å². The minimum atomic E-state index is -0.301. The normalized spacial score (nSPS) is 19.9. The Labute approximate surface area is 195 Å². The molecule has 2 fully saturated rings.